The Bertz CT molecular complexity index is 556. The summed E-state index contributed by atoms with van der Waals surface area (Å²) in [4.78, 5) is 0. The molecule has 1 aromatic rings. The molecule has 25 heavy (non-hydrogen) atoms. The van der Waals surface area contributed by atoms with E-state index in [1.54, 1.807) is 5.30 Å². The summed E-state index contributed by atoms with van der Waals surface area (Å²) in [5, 5.41) is 10.4. The minimum Gasteiger partial charge on any atom is -0.304 e. The molecule has 1 aromatic carbocycles. The van der Waals surface area contributed by atoms with Gasteiger partial charge in [0.1, 0.15) is 0 Å². The van der Waals surface area contributed by atoms with Gasteiger partial charge in [0.2, 0.25) is 0 Å². The summed E-state index contributed by atoms with van der Waals surface area (Å²) >= 11 is 0. The van der Waals surface area contributed by atoms with Crippen molar-refractivity contribution in [3.8, 4) is 0 Å². The fourth-order valence-electron chi connectivity index (χ4n) is 4.72. The van der Waals surface area contributed by atoms with Crippen LogP contribution in [0.1, 0.15) is 90.5 Å². The lowest BCUT2D eigenvalue weighted by Crippen LogP contribution is -2.31. The van der Waals surface area contributed by atoms with Crippen LogP contribution in [0.3, 0.4) is 0 Å². The van der Waals surface area contributed by atoms with Crippen molar-refractivity contribution in [2.24, 2.45) is 5.41 Å². The highest BCUT2D eigenvalue weighted by Gasteiger charge is 2.34. The number of rotatable bonds is 4. The van der Waals surface area contributed by atoms with Crippen LogP contribution in [0.15, 0.2) is 24.3 Å². The van der Waals surface area contributed by atoms with Gasteiger partial charge in [0.05, 0.1) is 0 Å². The van der Waals surface area contributed by atoms with Gasteiger partial charge in [0, 0.05) is 16.7 Å². The summed E-state index contributed by atoms with van der Waals surface area (Å²) in [5.74, 6) is 0. The maximum Gasteiger partial charge on any atom is 0.0446 e. The van der Waals surface area contributed by atoms with Crippen molar-refractivity contribution in [2.45, 2.75) is 96.3 Å². The Kier molecular flexibility index (Phi) is 6.37. The predicted molar refractivity (Wildman–Crippen MR) is 113 cm³/mol. The number of nitrogens with one attached hydrogen (secondary N) is 1. The molecule has 2 heteroatoms. The molecule has 0 spiro atoms. The molecule has 0 unspecified atom stereocenters. The van der Waals surface area contributed by atoms with Gasteiger partial charge in [-0.2, -0.15) is 0 Å². The van der Waals surface area contributed by atoms with Crippen molar-refractivity contribution in [1.82, 2.24) is 0 Å². The molecule has 1 N–H and O–H groups in total. The molecule has 2 aliphatic carbocycles. The van der Waals surface area contributed by atoms with Crippen LogP contribution in [0.2, 0.25) is 0 Å². The molecule has 2 fully saturated rings. The normalized spacial score (nSPS) is 20.8. The van der Waals surface area contributed by atoms with Gasteiger partial charge in [-0.25, -0.2) is 0 Å². The molecule has 3 rings (SSSR count). The lowest BCUT2D eigenvalue weighted by Gasteiger charge is -2.40. The van der Waals surface area contributed by atoms with Crippen LogP contribution in [0, 0.1) is 10.8 Å². The van der Waals surface area contributed by atoms with E-state index in [0.29, 0.717) is 0 Å². The van der Waals surface area contributed by atoms with Crippen molar-refractivity contribution in [3.05, 3.63) is 29.8 Å². The van der Waals surface area contributed by atoms with E-state index in [1.807, 2.05) is 0 Å². The molecule has 0 amide bonds. The highest BCUT2D eigenvalue weighted by atomic mass is 31.1. The van der Waals surface area contributed by atoms with E-state index in [9.17, 15) is 0 Å². The third-order valence-corrected chi connectivity index (χ3v) is 9.69. The van der Waals surface area contributed by atoms with Gasteiger partial charge in [0.25, 0.3) is 0 Å². The van der Waals surface area contributed by atoms with Crippen LogP contribution >= 0.6 is 7.92 Å². The Hall–Kier alpha value is -0.680. The van der Waals surface area contributed by atoms with Gasteiger partial charge in [-0.05, 0) is 42.3 Å². The molecule has 0 heterocycles. The minimum atomic E-state index is -0.133. The van der Waals surface area contributed by atoms with E-state index in [1.165, 1.54) is 69.8 Å². The number of hydrogen-bond acceptors (Lipinski definition) is 1. The average Bonchev–Trinajstić information content (AvgIpc) is 2.63. The maximum atomic E-state index is 8.85. The zero-order valence-corrected chi connectivity index (χ0v) is 17.4. The van der Waals surface area contributed by atoms with Gasteiger partial charge in [-0.3, -0.25) is 0 Å². The Morgan fingerprint density at radius 2 is 1.32 bits per heavy atom. The van der Waals surface area contributed by atoms with Crippen molar-refractivity contribution >= 4 is 18.9 Å². The van der Waals surface area contributed by atoms with Crippen LogP contribution in [-0.2, 0) is 0 Å². The third-order valence-electron chi connectivity index (χ3n) is 6.14. The van der Waals surface area contributed by atoms with Crippen molar-refractivity contribution in [2.75, 3.05) is 0 Å². The SMILES string of the molecule is CC(C)(C)C(=N)c1ccccc1P(C1CCCCC1)C1CCCCC1. The standard InChI is InChI=1S/C23H36NP/c1-23(2,3)22(24)20-16-10-11-17-21(20)25(18-12-6-4-7-13-18)19-14-8-5-9-15-19/h10-11,16-19,24H,4-9,12-15H2,1-3H3. The smallest absolute Gasteiger partial charge is 0.0446 e. The first-order valence-electron chi connectivity index (χ1n) is 10.5. The molecule has 2 saturated carbocycles. The highest BCUT2D eigenvalue weighted by Crippen LogP contribution is 2.55. The summed E-state index contributed by atoms with van der Waals surface area (Å²) in [6, 6.07) is 9.01. The fraction of sp³-hybridized carbons (Fsp3) is 0.696. The molecule has 138 valence electrons. The van der Waals surface area contributed by atoms with E-state index in [0.717, 1.165) is 17.0 Å². The van der Waals surface area contributed by atoms with Gasteiger partial charge >= 0.3 is 0 Å². The molecular weight excluding hydrogens is 321 g/mol. The first-order chi connectivity index (χ1) is 12.0. The van der Waals surface area contributed by atoms with E-state index >= 15 is 0 Å². The van der Waals surface area contributed by atoms with Gasteiger partial charge < -0.3 is 5.41 Å². The predicted octanol–water partition coefficient (Wildman–Crippen LogP) is 6.87. The maximum absolute atomic E-state index is 8.85. The quantitative estimate of drug-likeness (QED) is 0.449. The van der Waals surface area contributed by atoms with Gasteiger partial charge in [-0.15, -0.1) is 0 Å². The molecule has 0 radical (unpaired) electrons. The van der Waals surface area contributed by atoms with Crippen LogP contribution in [0.4, 0.5) is 0 Å². The van der Waals surface area contributed by atoms with E-state index in [4.69, 9.17) is 5.41 Å². The summed E-state index contributed by atoms with van der Waals surface area (Å²) in [5.41, 5.74) is 3.83. The van der Waals surface area contributed by atoms with E-state index in [2.05, 4.69) is 45.0 Å². The molecule has 0 aliphatic heterocycles. The lowest BCUT2D eigenvalue weighted by atomic mass is 9.86. The zero-order chi connectivity index (χ0) is 17.9. The second kappa shape index (κ2) is 8.34. The van der Waals surface area contributed by atoms with Crippen molar-refractivity contribution in [1.29, 1.82) is 5.41 Å². The number of hydrogen-bond donors (Lipinski definition) is 1. The molecular formula is C23H36NP. The second-order valence-electron chi connectivity index (χ2n) is 9.13. The van der Waals surface area contributed by atoms with Gasteiger partial charge in [-0.1, -0.05) is 91.5 Å². The highest BCUT2D eigenvalue weighted by molar-refractivity contribution is 7.67. The third kappa shape index (κ3) is 4.54. The van der Waals surface area contributed by atoms with Crippen LogP contribution in [-0.4, -0.2) is 17.0 Å². The lowest BCUT2D eigenvalue weighted by molar-refractivity contribution is 0.487. The van der Waals surface area contributed by atoms with Crippen molar-refractivity contribution < 1.29 is 0 Å². The van der Waals surface area contributed by atoms with Crippen LogP contribution in [0.5, 0.6) is 0 Å². The van der Waals surface area contributed by atoms with Gasteiger partial charge in [0.15, 0.2) is 0 Å². The molecule has 0 atom stereocenters. The summed E-state index contributed by atoms with van der Waals surface area (Å²) in [6.45, 7) is 6.57. The molecule has 0 bridgehead atoms. The first-order valence-corrected chi connectivity index (χ1v) is 11.9. The Morgan fingerprint density at radius 1 is 0.840 bits per heavy atom. The molecule has 1 nitrogen and oxygen atoms in total. The minimum absolute atomic E-state index is 0.0732. The Morgan fingerprint density at radius 3 is 1.80 bits per heavy atom. The van der Waals surface area contributed by atoms with E-state index < -0.39 is 0 Å². The van der Waals surface area contributed by atoms with E-state index in [-0.39, 0.29) is 13.3 Å². The largest absolute Gasteiger partial charge is 0.304 e. The fourth-order valence-corrected chi connectivity index (χ4v) is 8.67. The molecule has 0 aromatic heterocycles. The zero-order valence-electron chi connectivity index (χ0n) is 16.5. The summed E-state index contributed by atoms with van der Waals surface area (Å²) in [6.07, 6.45) is 14.3. The van der Waals surface area contributed by atoms with Crippen LogP contribution < -0.4 is 5.30 Å². The topological polar surface area (TPSA) is 23.9 Å². The number of benzene rings is 1. The first kappa shape index (κ1) is 19.1. The van der Waals surface area contributed by atoms with Crippen molar-refractivity contribution in [3.63, 3.8) is 0 Å². The van der Waals surface area contributed by atoms with Crippen LogP contribution in [0.25, 0.3) is 0 Å². The summed E-state index contributed by atoms with van der Waals surface area (Å²) < 4.78 is 0. The monoisotopic (exact) mass is 357 g/mol. The summed E-state index contributed by atoms with van der Waals surface area (Å²) in [7, 11) is -0.133. The molecule has 0 saturated heterocycles. The Labute approximate surface area is 156 Å². The Balaban J connectivity index is 1.99. The second-order valence-corrected chi connectivity index (χ2v) is 11.9. The average molecular weight is 358 g/mol. The molecule has 2 aliphatic rings.